The topological polar surface area (TPSA) is 52.0 Å². The third-order valence-corrected chi connectivity index (χ3v) is 8.66. The average Bonchev–Trinajstić information content (AvgIpc) is 1.97. The van der Waals surface area contributed by atoms with E-state index in [-0.39, 0.29) is 24.8 Å². The number of halogens is 2. The second kappa shape index (κ2) is 18.3. The molecule has 0 bridgehead atoms. The zero-order valence-corrected chi connectivity index (χ0v) is 12.1. The fraction of sp³-hybridized carbons (Fsp3) is 1.00. The summed E-state index contributed by atoms with van der Waals surface area (Å²) >= 11 is 1.81. The van der Waals surface area contributed by atoms with E-state index in [0.717, 1.165) is 39.4 Å². The number of hydrogen-bond acceptors (Lipinski definition) is 2. The first-order chi connectivity index (χ1) is 4.91. The van der Waals surface area contributed by atoms with E-state index in [0.29, 0.717) is 0 Å². The van der Waals surface area contributed by atoms with Gasteiger partial charge in [0.2, 0.25) is 0 Å². The molecular weight excluding hydrogens is 329 g/mol. The summed E-state index contributed by atoms with van der Waals surface area (Å²) in [6, 6.07) is 0. The second-order valence-corrected chi connectivity index (χ2v) is 9.77. The Balaban J connectivity index is -0.000000405. The van der Waals surface area contributed by atoms with Gasteiger partial charge in [-0.25, -0.2) is 0 Å². The van der Waals surface area contributed by atoms with Crippen molar-refractivity contribution in [2.45, 2.75) is 23.5 Å². The molecule has 0 saturated heterocycles. The van der Waals surface area contributed by atoms with Crippen LogP contribution in [-0.2, 0) is 0 Å². The third kappa shape index (κ3) is 17.6. The van der Waals surface area contributed by atoms with E-state index in [1.165, 1.54) is 23.5 Å². The molecule has 0 radical (unpaired) electrons. The van der Waals surface area contributed by atoms with Crippen molar-refractivity contribution in [3.05, 3.63) is 0 Å². The van der Waals surface area contributed by atoms with Crippen LogP contribution in [0.5, 0.6) is 0 Å². The molecule has 0 amide bonds. The van der Waals surface area contributed by atoms with Crippen LogP contribution < -0.4 is 11.5 Å². The maximum atomic E-state index is 5.37. The van der Waals surface area contributed by atoms with E-state index < -0.39 is 0 Å². The van der Waals surface area contributed by atoms with Gasteiger partial charge < -0.3 is 0 Å². The van der Waals surface area contributed by atoms with E-state index in [4.69, 9.17) is 11.5 Å². The van der Waals surface area contributed by atoms with Crippen molar-refractivity contribution in [1.29, 1.82) is 0 Å². The van der Waals surface area contributed by atoms with E-state index in [2.05, 4.69) is 0 Å². The molecule has 0 saturated carbocycles. The van der Waals surface area contributed by atoms with Crippen LogP contribution in [0.25, 0.3) is 0 Å². The van der Waals surface area contributed by atoms with Gasteiger partial charge in [-0.05, 0) is 0 Å². The molecule has 4 N–H and O–H groups in total. The van der Waals surface area contributed by atoms with Gasteiger partial charge in [-0.15, -0.1) is 24.8 Å². The van der Waals surface area contributed by atoms with E-state index in [9.17, 15) is 0 Å². The normalized spacial score (nSPS) is 8.50. The average molecular weight is 347 g/mol. The van der Waals surface area contributed by atoms with Crippen molar-refractivity contribution < 1.29 is 0 Å². The second-order valence-electron chi connectivity index (χ2n) is 1.93. The third-order valence-electron chi connectivity index (χ3n) is 0.947. The first-order valence-corrected chi connectivity index (χ1v) is 10.3. The molecule has 0 aromatic carbocycles. The van der Waals surface area contributed by atoms with Gasteiger partial charge in [0.1, 0.15) is 0 Å². The van der Waals surface area contributed by atoms with Gasteiger partial charge in [-0.3, -0.25) is 0 Å². The summed E-state index contributed by atoms with van der Waals surface area (Å²) in [5.74, 6) is 0. The van der Waals surface area contributed by atoms with Crippen molar-refractivity contribution >= 4 is 51.1 Å². The molecular formula is C6H18Cl2N2Se2. The Morgan fingerprint density at radius 2 is 1.08 bits per heavy atom. The molecule has 0 fully saturated rings. The van der Waals surface area contributed by atoms with Gasteiger partial charge in [0.05, 0.1) is 0 Å². The summed E-state index contributed by atoms with van der Waals surface area (Å²) in [5.41, 5.74) is 10.7. The van der Waals surface area contributed by atoms with Crippen molar-refractivity contribution in [2.75, 3.05) is 13.1 Å². The summed E-state index contributed by atoms with van der Waals surface area (Å²) in [5, 5.41) is 2.77. The summed E-state index contributed by atoms with van der Waals surface area (Å²) in [4.78, 5) is 0. The zero-order valence-electron chi connectivity index (χ0n) is 7.03. The molecule has 6 heteroatoms. The Morgan fingerprint density at radius 3 is 1.33 bits per heavy atom. The van der Waals surface area contributed by atoms with Crippen LogP contribution in [0.3, 0.4) is 0 Å². The Kier molecular flexibility index (Phi) is 29.3. The molecule has 0 aromatic rings. The molecule has 0 unspecified atom stereocenters. The molecule has 0 rings (SSSR count). The van der Waals surface area contributed by atoms with Crippen LogP contribution in [0.2, 0.25) is 10.6 Å². The molecule has 0 aliphatic heterocycles. The fourth-order valence-corrected chi connectivity index (χ4v) is 7.23. The van der Waals surface area contributed by atoms with Gasteiger partial charge >= 0.3 is 74.3 Å². The minimum absolute atomic E-state index is 0. The van der Waals surface area contributed by atoms with E-state index in [1.807, 2.05) is 0 Å². The van der Waals surface area contributed by atoms with Crippen LogP contribution in [0.15, 0.2) is 0 Å². The summed E-state index contributed by atoms with van der Waals surface area (Å²) in [6.07, 6.45) is 2.45. The molecule has 0 heterocycles. The monoisotopic (exact) mass is 348 g/mol. The Bertz CT molecular complexity index is 61.5. The zero-order chi connectivity index (χ0) is 7.66. The van der Waals surface area contributed by atoms with Gasteiger partial charge in [0, 0.05) is 0 Å². The van der Waals surface area contributed by atoms with Crippen LogP contribution in [0, 0.1) is 0 Å². The van der Waals surface area contributed by atoms with Crippen LogP contribution in [0.4, 0.5) is 0 Å². The molecule has 0 atom stereocenters. The van der Waals surface area contributed by atoms with E-state index in [1.54, 1.807) is 0 Å². The molecule has 0 aliphatic carbocycles. The predicted octanol–water partition coefficient (Wildman–Crippen LogP) is 0.688. The molecule has 0 aromatic heterocycles. The first-order valence-electron chi connectivity index (χ1n) is 3.56. The van der Waals surface area contributed by atoms with Crippen LogP contribution in [-0.4, -0.2) is 39.4 Å². The van der Waals surface area contributed by atoms with Crippen molar-refractivity contribution in [1.82, 2.24) is 0 Å². The van der Waals surface area contributed by atoms with Crippen molar-refractivity contribution in [3.63, 3.8) is 0 Å². The molecule has 0 aliphatic rings. The van der Waals surface area contributed by atoms with Gasteiger partial charge in [0.25, 0.3) is 0 Å². The fourth-order valence-electron chi connectivity index (χ4n) is 0.402. The number of nitrogens with two attached hydrogens (primary N) is 2. The van der Waals surface area contributed by atoms with Crippen molar-refractivity contribution in [3.8, 4) is 0 Å². The SMILES string of the molecule is Cl.Cl.NCCC[Se][Se]CCCN. The van der Waals surface area contributed by atoms with Crippen LogP contribution in [0.1, 0.15) is 12.8 Å². The summed E-state index contributed by atoms with van der Waals surface area (Å²) in [6.45, 7) is 1.74. The number of rotatable bonds is 7. The quantitative estimate of drug-likeness (QED) is 0.526. The summed E-state index contributed by atoms with van der Waals surface area (Å²) < 4.78 is 0. The Labute approximate surface area is 98.7 Å². The molecule has 0 spiro atoms. The molecule has 78 valence electrons. The minimum atomic E-state index is 0. The Morgan fingerprint density at radius 1 is 0.750 bits per heavy atom. The maximum absolute atomic E-state index is 5.37. The van der Waals surface area contributed by atoms with Gasteiger partial charge in [-0.1, -0.05) is 0 Å². The van der Waals surface area contributed by atoms with Gasteiger partial charge in [0.15, 0.2) is 0 Å². The molecule has 2 nitrogen and oxygen atoms in total. The van der Waals surface area contributed by atoms with Crippen molar-refractivity contribution in [2.24, 2.45) is 11.5 Å². The van der Waals surface area contributed by atoms with Gasteiger partial charge in [-0.2, -0.15) is 0 Å². The van der Waals surface area contributed by atoms with E-state index >= 15 is 0 Å². The Hall–Kier alpha value is 1.54. The summed E-state index contributed by atoms with van der Waals surface area (Å²) in [7, 11) is 0. The van der Waals surface area contributed by atoms with Crippen LogP contribution >= 0.6 is 24.8 Å². The standard InChI is InChI=1S/C6H16N2Se2.2ClH/c7-3-1-5-9-10-6-2-4-8;;/h1-8H2;2*1H. The number of hydrogen-bond donors (Lipinski definition) is 2. The first kappa shape index (κ1) is 19.2. The predicted molar refractivity (Wildman–Crippen MR) is 63.0 cm³/mol. The molecule has 12 heavy (non-hydrogen) atoms.